The number of ether oxygens (including phenoxy) is 1. The van der Waals surface area contributed by atoms with Gasteiger partial charge in [-0.2, -0.15) is 8.78 Å². The third-order valence-corrected chi connectivity index (χ3v) is 5.45. The first-order valence-electron chi connectivity index (χ1n) is 8.45. The third-order valence-electron chi connectivity index (χ3n) is 4.84. The molecule has 1 aliphatic heterocycles. The third kappa shape index (κ3) is 3.99. The molecule has 0 saturated carbocycles. The Morgan fingerprint density at radius 2 is 1.88 bits per heavy atom. The fourth-order valence-corrected chi connectivity index (χ4v) is 4.02. The molecule has 1 aromatic rings. The molecule has 0 amide bonds. The van der Waals surface area contributed by atoms with E-state index in [-0.39, 0.29) is 0 Å². The Morgan fingerprint density at radius 3 is 2.46 bits per heavy atom. The first-order chi connectivity index (χ1) is 11.1. The van der Waals surface area contributed by atoms with Crippen LogP contribution in [0.15, 0.2) is 12.2 Å². The number of halogens is 2. The topological polar surface area (TPSA) is 18.5 Å². The van der Waals surface area contributed by atoms with Crippen molar-refractivity contribution < 1.29 is 17.9 Å². The molecule has 5 heteroatoms. The van der Waals surface area contributed by atoms with Gasteiger partial charge in [0.1, 0.15) is 17.1 Å². The molecule has 2 nitrogen and oxygen atoms in total. The summed E-state index contributed by atoms with van der Waals surface area (Å²) < 4.78 is 37.0. The highest BCUT2D eigenvalue weighted by Gasteiger charge is 2.34. The summed E-state index contributed by atoms with van der Waals surface area (Å²) in [6, 6.07) is 0. The van der Waals surface area contributed by atoms with Crippen molar-refractivity contribution in [2.75, 3.05) is 0 Å². The number of fused-ring (bicyclic) bond motifs is 1. The zero-order chi connectivity index (χ0) is 18.1. The molecule has 0 spiro atoms. The van der Waals surface area contributed by atoms with Crippen molar-refractivity contribution >= 4 is 9.04 Å². The van der Waals surface area contributed by atoms with Gasteiger partial charge in [-0.25, -0.2) is 0 Å². The van der Waals surface area contributed by atoms with Crippen LogP contribution >= 0.6 is 0 Å². The van der Waals surface area contributed by atoms with E-state index in [2.05, 4.69) is 33.9 Å². The van der Waals surface area contributed by atoms with Gasteiger partial charge in [0.25, 0.3) is 15.1 Å². The van der Waals surface area contributed by atoms with E-state index < -0.39 is 20.7 Å². The molecule has 133 valence electrons. The van der Waals surface area contributed by atoms with E-state index in [4.69, 9.17) is 9.16 Å². The molecule has 0 aliphatic carbocycles. The predicted molar refractivity (Wildman–Crippen MR) is 95.7 cm³/mol. The van der Waals surface area contributed by atoms with Gasteiger partial charge in [-0.15, -0.1) is 0 Å². The molecular weight excluding hydrogens is 326 g/mol. The average molecular weight is 354 g/mol. The minimum absolute atomic E-state index is 0.337. The van der Waals surface area contributed by atoms with Gasteiger partial charge in [0, 0.05) is 5.56 Å². The lowest BCUT2D eigenvalue weighted by Gasteiger charge is -2.38. The Labute approximate surface area is 145 Å². The molecule has 0 saturated heterocycles. The van der Waals surface area contributed by atoms with Crippen molar-refractivity contribution in [3.8, 4) is 11.5 Å². The second-order valence-electron chi connectivity index (χ2n) is 7.11. The first-order valence-corrected chi connectivity index (χ1v) is 10.9. The number of hydrogen-bond donors (Lipinski definition) is 0. The van der Waals surface area contributed by atoms with Crippen molar-refractivity contribution in [3.05, 3.63) is 34.4 Å². The number of hydrogen-bond acceptors (Lipinski definition) is 2. The van der Waals surface area contributed by atoms with E-state index in [0.29, 0.717) is 12.8 Å². The van der Waals surface area contributed by atoms with Gasteiger partial charge in [-0.1, -0.05) is 0 Å². The summed E-state index contributed by atoms with van der Waals surface area (Å²) in [4.78, 5) is 0. The normalized spacial score (nSPS) is 19.7. The number of rotatable bonds is 5. The van der Waals surface area contributed by atoms with Crippen LogP contribution in [-0.2, 0) is 6.42 Å². The van der Waals surface area contributed by atoms with Crippen molar-refractivity contribution in [2.45, 2.75) is 72.1 Å². The molecule has 1 heterocycles. The summed E-state index contributed by atoms with van der Waals surface area (Å²) >= 11 is 0. The van der Waals surface area contributed by atoms with Crippen LogP contribution in [0.2, 0.25) is 13.1 Å². The highest BCUT2D eigenvalue weighted by atomic mass is 28.3. The Bertz CT molecular complexity index is 652. The van der Waals surface area contributed by atoms with E-state index in [1.54, 1.807) is 0 Å². The molecule has 0 fully saturated rings. The summed E-state index contributed by atoms with van der Waals surface area (Å²) in [5, 5.41) is 0. The van der Waals surface area contributed by atoms with Crippen molar-refractivity contribution in [1.29, 1.82) is 0 Å². The fraction of sp³-hybridized carbons (Fsp3) is 0.579. The molecule has 0 N–H and O–H groups in total. The van der Waals surface area contributed by atoms with Gasteiger partial charge in [0.15, 0.2) is 0 Å². The maximum atomic E-state index is 12.3. The summed E-state index contributed by atoms with van der Waals surface area (Å²) in [6.45, 7) is 12.5. The molecule has 1 unspecified atom stereocenters. The van der Waals surface area contributed by atoms with E-state index >= 15 is 0 Å². The lowest BCUT2D eigenvalue weighted by atomic mass is 9.85. The lowest BCUT2D eigenvalue weighted by Crippen LogP contribution is -2.37. The van der Waals surface area contributed by atoms with Crippen LogP contribution in [0.4, 0.5) is 8.78 Å². The number of benzene rings is 1. The predicted octanol–water partition coefficient (Wildman–Crippen LogP) is 5.89. The fourth-order valence-electron chi connectivity index (χ4n) is 3.30. The van der Waals surface area contributed by atoms with E-state index in [1.807, 2.05) is 6.92 Å². The van der Waals surface area contributed by atoms with Gasteiger partial charge in [0.2, 0.25) is 0 Å². The van der Waals surface area contributed by atoms with Crippen LogP contribution in [0.5, 0.6) is 11.5 Å². The lowest BCUT2D eigenvalue weighted by molar-refractivity contribution is 0.0557. The highest BCUT2D eigenvalue weighted by molar-refractivity contribution is 6.49. The van der Waals surface area contributed by atoms with Crippen LogP contribution < -0.4 is 9.16 Å². The van der Waals surface area contributed by atoms with Crippen molar-refractivity contribution in [1.82, 2.24) is 0 Å². The largest absolute Gasteiger partial charge is 0.542 e. The molecule has 0 aromatic heterocycles. The van der Waals surface area contributed by atoms with Crippen molar-refractivity contribution in [3.63, 3.8) is 0 Å². The van der Waals surface area contributed by atoms with Crippen molar-refractivity contribution in [2.24, 2.45) is 0 Å². The molecular formula is C19H27F2O2Si. The Hall–Kier alpha value is -1.36. The molecule has 0 bridgehead atoms. The van der Waals surface area contributed by atoms with E-state index in [1.165, 1.54) is 5.56 Å². The average Bonchev–Trinajstić information content (AvgIpc) is 2.48. The van der Waals surface area contributed by atoms with Crippen LogP contribution in [-0.4, -0.2) is 14.6 Å². The highest BCUT2D eigenvalue weighted by Crippen LogP contribution is 2.44. The van der Waals surface area contributed by atoms with E-state index in [0.717, 1.165) is 47.1 Å². The monoisotopic (exact) mass is 353 g/mol. The summed E-state index contributed by atoms with van der Waals surface area (Å²) in [6.07, 6.45) is 2.03. The maximum Gasteiger partial charge on any atom is 0.274 e. The molecule has 1 aromatic carbocycles. The molecule has 1 radical (unpaired) electrons. The number of allylic oxidation sites excluding steroid dienone is 1. The minimum Gasteiger partial charge on any atom is -0.542 e. The first kappa shape index (κ1) is 19.0. The quantitative estimate of drug-likeness (QED) is 0.615. The zero-order valence-electron chi connectivity index (χ0n) is 15.5. The van der Waals surface area contributed by atoms with Crippen LogP contribution in [0.3, 0.4) is 0 Å². The smallest absolute Gasteiger partial charge is 0.274 e. The van der Waals surface area contributed by atoms with Crippen LogP contribution in [0, 0.1) is 20.8 Å². The Balaban J connectivity index is 2.33. The second kappa shape index (κ2) is 7.26. The minimum atomic E-state index is -1.61. The molecule has 2 rings (SSSR count). The SMILES string of the molecule is Cc1c(C)c2c(c(C)c1O[Si](C)C)CCC(C)(CCC=C(F)F)O2. The zero-order valence-corrected chi connectivity index (χ0v) is 16.5. The van der Waals surface area contributed by atoms with Gasteiger partial charge >= 0.3 is 0 Å². The Kier molecular flexibility index (Phi) is 5.73. The maximum absolute atomic E-state index is 12.3. The summed E-state index contributed by atoms with van der Waals surface area (Å²) in [5.74, 6) is 1.93. The van der Waals surface area contributed by atoms with Gasteiger partial charge in [-0.05, 0) is 89.2 Å². The standard InChI is InChI=1S/C19H27F2O2Si/c1-12-13(2)18-15(14(3)17(12)23-24(5)6)9-11-19(4,22-18)10-7-8-16(20)21/h8H,7,9-11H2,1-6H3. The summed E-state index contributed by atoms with van der Waals surface area (Å²) in [7, 11) is -0.834. The van der Waals surface area contributed by atoms with Crippen LogP contribution in [0.1, 0.15) is 48.4 Å². The molecule has 1 aliphatic rings. The van der Waals surface area contributed by atoms with Crippen LogP contribution in [0.25, 0.3) is 0 Å². The van der Waals surface area contributed by atoms with Gasteiger partial charge in [0.05, 0.1) is 0 Å². The Morgan fingerprint density at radius 1 is 1.21 bits per heavy atom. The summed E-state index contributed by atoms with van der Waals surface area (Å²) in [5.41, 5.74) is 4.20. The van der Waals surface area contributed by atoms with Gasteiger partial charge < -0.3 is 9.16 Å². The molecule has 1 atom stereocenters. The molecule has 24 heavy (non-hydrogen) atoms. The second-order valence-corrected chi connectivity index (χ2v) is 9.13. The van der Waals surface area contributed by atoms with Gasteiger partial charge in [-0.3, -0.25) is 0 Å². The van der Waals surface area contributed by atoms with E-state index in [9.17, 15) is 8.78 Å².